The Labute approximate surface area is 182 Å². The Morgan fingerprint density at radius 2 is 1.87 bits per heavy atom. The smallest absolute Gasteiger partial charge is 0.314 e. The van der Waals surface area contributed by atoms with Crippen LogP contribution in [0.1, 0.15) is 13.8 Å². The van der Waals surface area contributed by atoms with E-state index in [2.05, 4.69) is 5.10 Å². The number of halogens is 2. The average Bonchev–Trinajstić information content (AvgIpc) is 2.68. The van der Waals surface area contributed by atoms with Crippen LogP contribution in [0.3, 0.4) is 0 Å². The van der Waals surface area contributed by atoms with Gasteiger partial charge < -0.3 is 9.84 Å². The fourth-order valence-electron chi connectivity index (χ4n) is 2.66. The lowest BCUT2D eigenvalue weighted by molar-refractivity contribution is 0.0280. The number of nitrogens with zero attached hydrogens (tertiary/aromatic N) is 2. The number of ether oxygens (including phenoxy) is 1. The summed E-state index contributed by atoms with van der Waals surface area (Å²) in [6.07, 6.45) is 1.34. The van der Waals surface area contributed by atoms with Gasteiger partial charge in [0.05, 0.1) is 27.4 Å². The largest absolute Gasteiger partial charge is 0.484 e. The van der Waals surface area contributed by atoms with Crippen LogP contribution in [0.15, 0.2) is 58.4 Å². The quantitative estimate of drug-likeness (QED) is 0.573. The van der Waals surface area contributed by atoms with Crippen LogP contribution in [0.25, 0.3) is 16.8 Å². The van der Waals surface area contributed by atoms with Crippen molar-refractivity contribution in [3.8, 4) is 22.6 Å². The Kier molecular flexibility index (Phi) is 6.19. The summed E-state index contributed by atoms with van der Waals surface area (Å²) in [5, 5.41) is 19.1. The minimum Gasteiger partial charge on any atom is -0.484 e. The van der Waals surface area contributed by atoms with Crippen molar-refractivity contribution in [3.05, 3.63) is 69.9 Å². The average molecular weight is 468 g/mol. The molecule has 1 heterocycles. The van der Waals surface area contributed by atoms with Gasteiger partial charge in [-0.25, -0.2) is 17.9 Å². The summed E-state index contributed by atoms with van der Waals surface area (Å²) in [5.74, 6) is -0.788. The first-order chi connectivity index (χ1) is 14.4. The van der Waals surface area contributed by atoms with Gasteiger partial charge in [-0.2, -0.15) is 9.78 Å². The van der Waals surface area contributed by atoms with Gasteiger partial charge in [0, 0.05) is 5.56 Å². The molecule has 0 spiro atoms. The number of nitrogens with two attached hydrogens (primary N) is 1. The van der Waals surface area contributed by atoms with Crippen LogP contribution < -0.4 is 15.4 Å². The summed E-state index contributed by atoms with van der Waals surface area (Å²) in [4.78, 5) is 13.0. The van der Waals surface area contributed by atoms with E-state index in [1.165, 1.54) is 56.4 Å². The Morgan fingerprint density at radius 1 is 1.23 bits per heavy atom. The lowest BCUT2D eigenvalue weighted by Crippen LogP contribution is -2.31. The third-order valence-corrected chi connectivity index (χ3v) is 5.36. The molecule has 0 aliphatic carbocycles. The maximum atomic E-state index is 13.5. The topological polar surface area (TPSA) is 125 Å². The van der Waals surface area contributed by atoms with Crippen molar-refractivity contribution < 1.29 is 22.7 Å². The maximum absolute atomic E-state index is 13.5. The van der Waals surface area contributed by atoms with Crippen LogP contribution in [0.5, 0.6) is 5.75 Å². The molecule has 0 aliphatic rings. The highest BCUT2D eigenvalue weighted by Crippen LogP contribution is 2.28. The molecule has 2 aromatic carbocycles. The SMILES string of the molecule is CC(C)(O)COc1c(-c2ccc(S(N)(=O)=O)cc2)cnn(-c2ccc(F)c(Cl)c2)c1=O. The van der Waals surface area contributed by atoms with E-state index in [-0.39, 0.29) is 33.5 Å². The van der Waals surface area contributed by atoms with Gasteiger partial charge in [-0.1, -0.05) is 23.7 Å². The molecule has 0 fully saturated rings. The van der Waals surface area contributed by atoms with Crippen molar-refractivity contribution in [1.29, 1.82) is 0 Å². The lowest BCUT2D eigenvalue weighted by atomic mass is 10.1. The van der Waals surface area contributed by atoms with Crippen LogP contribution >= 0.6 is 11.6 Å². The van der Waals surface area contributed by atoms with Gasteiger partial charge in [0.25, 0.3) is 0 Å². The molecule has 0 amide bonds. The molecule has 1 aromatic heterocycles. The summed E-state index contributed by atoms with van der Waals surface area (Å²) in [6.45, 7) is 2.80. The van der Waals surface area contributed by atoms with Gasteiger partial charge in [0.15, 0.2) is 5.75 Å². The summed E-state index contributed by atoms with van der Waals surface area (Å²) >= 11 is 5.81. The molecule has 3 rings (SSSR count). The fraction of sp³-hybridized carbons (Fsp3) is 0.200. The highest BCUT2D eigenvalue weighted by molar-refractivity contribution is 7.89. The van der Waals surface area contributed by atoms with Gasteiger partial charge >= 0.3 is 5.56 Å². The summed E-state index contributed by atoms with van der Waals surface area (Å²) in [5.41, 5.74) is -1.01. The minimum atomic E-state index is -3.89. The number of aliphatic hydroxyl groups is 1. The fourth-order valence-corrected chi connectivity index (χ4v) is 3.35. The number of hydrogen-bond acceptors (Lipinski definition) is 6. The van der Waals surface area contributed by atoms with Gasteiger partial charge in [-0.05, 0) is 49.7 Å². The highest BCUT2D eigenvalue weighted by atomic mass is 35.5. The van der Waals surface area contributed by atoms with Crippen LogP contribution in [-0.4, -0.2) is 35.5 Å². The van der Waals surface area contributed by atoms with E-state index in [0.717, 1.165) is 10.7 Å². The van der Waals surface area contributed by atoms with Crippen molar-refractivity contribution >= 4 is 21.6 Å². The molecule has 8 nitrogen and oxygen atoms in total. The van der Waals surface area contributed by atoms with Gasteiger partial charge in [0.1, 0.15) is 12.4 Å². The third-order valence-electron chi connectivity index (χ3n) is 4.14. The van der Waals surface area contributed by atoms with E-state index in [1.807, 2.05) is 0 Å². The zero-order chi connectivity index (χ0) is 23.0. The van der Waals surface area contributed by atoms with Crippen molar-refractivity contribution in [3.63, 3.8) is 0 Å². The van der Waals surface area contributed by atoms with Crippen LogP contribution in [0.2, 0.25) is 5.02 Å². The van der Waals surface area contributed by atoms with Crippen molar-refractivity contribution in [2.45, 2.75) is 24.3 Å². The first kappa shape index (κ1) is 22.9. The second kappa shape index (κ2) is 8.39. The van der Waals surface area contributed by atoms with E-state index >= 15 is 0 Å². The molecule has 31 heavy (non-hydrogen) atoms. The van der Waals surface area contributed by atoms with E-state index in [1.54, 1.807) is 0 Å². The second-order valence-corrected chi connectivity index (χ2v) is 9.34. The molecule has 0 saturated carbocycles. The third kappa shape index (κ3) is 5.28. The number of rotatable bonds is 6. The van der Waals surface area contributed by atoms with Gasteiger partial charge in [0.2, 0.25) is 10.0 Å². The van der Waals surface area contributed by atoms with E-state index in [0.29, 0.717) is 5.56 Å². The first-order valence-electron chi connectivity index (χ1n) is 8.93. The zero-order valence-electron chi connectivity index (χ0n) is 16.5. The molecule has 0 bridgehead atoms. The Bertz CT molecular complexity index is 1290. The predicted octanol–water partition coefficient (Wildman–Crippen LogP) is 2.49. The second-order valence-electron chi connectivity index (χ2n) is 7.37. The van der Waals surface area contributed by atoms with Crippen LogP contribution in [-0.2, 0) is 10.0 Å². The monoisotopic (exact) mass is 467 g/mol. The summed E-state index contributed by atoms with van der Waals surface area (Å²) in [7, 11) is -3.89. The summed E-state index contributed by atoms with van der Waals surface area (Å²) in [6, 6.07) is 9.15. The van der Waals surface area contributed by atoms with E-state index < -0.39 is 27.0 Å². The van der Waals surface area contributed by atoms with Gasteiger partial charge in [-0.3, -0.25) is 4.79 Å². The minimum absolute atomic E-state index is 0.0996. The first-order valence-corrected chi connectivity index (χ1v) is 10.9. The zero-order valence-corrected chi connectivity index (χ0v) is 18.1. The van der Waals surface area contributed by atoms with Gasteiger partial charge in [-0.15, -0.1) is 0 Å². The summed E-state index contributed by atoms with van der Waals surface area (Å²) < 4.78 is 43.1. The van der Waals surface area contributed by atoms with Crippen LogP contribution in [0, 0.1) is 5.82 Å². The maximum Gasteiger partial charge on any atom is 0.314 e. The molecule has 164 valence electrons. The predicted molar refractivity (Wildman–Crippen MR) is 113 cm³/mol. The molecule has 0 saturated heterocycles. The van der Waals surface area contributed by atoms with Crippen molar-refractivity contribution in [1.82, 2.24) is 9.78 Å². The molecule has 0 aliphatic heterocycles. The Balaban J connectivity index is 2.15. The Morgan fingerprint density at radius 3 is 2.42 bits per heavy atom. The molecule has 0 radical (unpaired) electrons. The molecule has 0 unspecified atom stereocenters. The number of benzene rings is 2. The lowest BCUT2D eigenvalue weighted by Gasteiger charge is -2.19. The Hall–Kier alpha value is -2.79. The van der Waals surface area contributed by atoms with Crippen molar-refractivity contribution in [2.24, 2.45) is 5.14 Å². The molecular weight excluding hydrogens is 449 g/mol. The van der Waals surface area contributed by atoms with E-state index in [9.17, 15) is 22.7 Å². The molecular formula is C20H19ClFN3O5S. The van der Waals surface area contributed by atoms with E-state index in [4.69, 9.17) is 21.5 Å². The molecule has 11 heteroatoms. The number of aromatic nitrogens is 2. The number of primary sulfonamides is 1. The normalized spacial score (nSPS) is 12.1. The van der Waals surface area contributed by atoms with Crippen LogP contribution in [0.4, 0.5) is 4.39 Å². The highest BCUT2D eigenvalue weighted by Gasteiger charge is 2.21. The molecule has 3 N–H and O–H groups in total. The number of sulfonamides is 1. The molecule has 0 atom stereocenters. The van der Waals surface area contributed by atoms with Crippen molar-refractivity contribution in [2.75, 3.05) is 6.61 Å². The number of hydrogen-bond donors (Lipinski definition) is 2. The molecule has 3 aromatic rings. The standard InChI is InChI=1S/C20H19ClFN3O5S/c1-20(2,27)11-30-18-15(12-3-6-14(7-4-12)31(23,28)29)10-24-25(19(18)26)13-5-8-17(22)16(21)9-13/h3-10,27H,11H2,1-2H3,(H2,23,28,29).